The molecule has 2 rings (SSSR count). The molecule has 1 N–H and O–H groups in total. The van der Waals surface area contributed by atoms with E-state index in [1.165, 1.54) is 13.4 Å². The van der Waals surface area contributed by atoms with Crippen molar-refractivity contribution in [2.45, 2.75) is 0 Å². The third kappa shape index (κ3) is 2.09. The lowest BCUT2D eigenvalue weighted by atomic mass is 10.1. The minimum absolute atomic E-state index is 0.0331. The van der Waals surface area contributed by atoms with Crippen molar-refractivity contribution in [1.82, 2.24) is 9.97 Å². The van der Waals surface area contributed by atoms with Crippen molar-refractivity contribution in [3.8, 4) is 17.0 Å². The van der Waals surface area contributed by atoms with E-state index in [1.54, 1.807) is 7.05 Å². The fraction of sp³-hybridized carbons (Fsp3) is 0.167. The van der Waals surface area contributed by atoms with Crippen molar-refractivity contribution in [3.63, 3.8) is 0 Å². The van der Waals surface area contributed by atoms with E-state index in [9.17, 15) is 8.78 Å². The van der Waals surface area contributed by atoms with Crippen molar-refractivity contribution in [1.29, 1.82) is 0 Å². The quantitative estimate of drug-likeness (QED) is 0.910. The lowest BCUT2D eigenvalue weighted by molar-refractivity contribution is 0.414. The highest BCUT2D eigenvalue weighted by atomic mass is 19.1. The van der Waals surface area contributed by atoms with Gasteiger partial charge in [0.15, 0.2) is 11.6 Å². The minimum atomic E-state index is -0.574. The number of aromatic nitrogens is 2. The first-order valence-electron chi connectivity index (χ1n) is 5.19. The lowest BCUT2D eigenvalue weighted by Crippen LogP contribution is -2.01. The zero-order valence-corrected chi connectivity index (χ0v) is 9.87. The summed E-state index contributed by atoms with van der Waals surface area (Å²) in [5.41, 5.74) is 0.236. The number of ether oxygens (including phenoxy) is 1. The zero-order chi connectivity index (χ0) is 13.1. The second-order valence-corrected chi connectivity index (χ2v) is 3.48. The summed E-state index contributed by atoms with van der Waals surface area (Å²) >= 11 is 0. The first kappa shape index (κ1) is 12.2. The van der Waals surface area contributed by atoms with Crippen molar-refractivity contribution in [2.24, 2.45) is 0 Å². The molecule has 4 nitrogen and oxygen atoms in total. The van der Waals surface area contributed by atoms with Crippen LogP contribution in [0.15, 0.2) is 24.5 Å². The highest BCUT2D eigenvalue weighted by Gasteiger charge is 2.16. The molecule has 0 saturated heterocycles. The Kier molecular flexibility index (Phi) is 3.36. The second-order valence-electron chi connectivity index (χ2n) is 3.48. The van der Waals surface area contributed by atoms with E-state index in [-0.39, 0.29) is 17.0 Å². The van der Waals surface area contributed by atoms with Crippen molar-refractivity contribution in [2.75, 3.05) is 19.5 Å². The largest absolute Gasteiger partial charge is 0.491 e. The predicted molar refractivity (Wildman–Crippen MR) is 63.5 cm³/mol. The van der Waals surface area contributed by atoms with Crippen LogP contribution >= 0.6 is 0 Å². The summed E-state index contributed by atoms with van der Waals surface area (Å²) in [7, 11) is 3.07. The Hall–Kier alpha value is -2.24. The molecular formula is C12H11F2N3O. The summed E-state index contributed by atoms with van der Waals surface area (Å²) in [6, 6.07) is 3.16. The third-order valence-corrected chi connectivity index (χ3v) is 2.43. The van der Waals surface area contributed by atoms with Crippen molar-refractivity contribution < 1.29 is 13.5 Å². The van der Waals surface area contributed by atoms with E-state index in [1.807, 2.05) is 0 Å². The van der Waals surface area contributed by atoms with Gasteiger partial charge in [-0.3, -0.25) is 0 Å². The first-order chi connectivity index (χ1) is 8.67. The number of hydrogen-bond acceptors (Lipinski definition) is 4. The smallest absolute Gasteiger partial charge is 0.187 e. The Morgan fingerprint density at radius 1 is 1.22 bits per heavy atom. The molecule has 0 radical (unpaired) electrons. The summed E-state index contributed by atoms with van der Waals surface area (Å²) in [6.45, 7) is 0. The number of rotatable bonds is 3. The SMILES string of the molecule is CNc1ncnc(-c2cc(F)ccc2F)c1OC. The molecule has 1 heterocycles. The molecular weight excluding hydrogens is 240 g/mol. The van der Waals surface area contributed by atoms with E-state index in [0.717, 1.165) is 18.2 Å². The molecule has 0 unspecified atom stereocenters. The number of benzene rings is 1. The van der Waals surface area contributed by atoms with E-state index in [4.69, 9.17) is 4.74 Å². The molecule has 94 valence electrons. The molecule has 0 amide bonds. The maximum absolute atomic E-state index is 13.7. The van der Waals surface area contributed by atoms with Crippen LogP contribution in [0.5, 0.6) is 5.75 Å². The number of nitrogens with zero attached hydrogens (tertiary/aromatic N) is 2. The van der Waals surface area contributed by atoms with E-state index >= 15 is 0 Å². The Bertz CT molecular complexity index is 575. The van der Waals surface area contributed by atoms with Crippen LogP contribution in [0.2, 0.25) is 0 Å². The molecule has 0 aliphatic rings. The molecule has 1 aromatic carbocycles. The zero-order valence-electron chi connectivity index (χ0n) is 9.87. The summed E-state index contributed by atoms with van der Waals surface area (Å²) in [6.07, 6.45) is 1.26. The lowest BCUT2D eigenvalue weighted by Gasteiger charge is -2.11. The molecule has 0 aliphatic carbocycles. The van der Waals surface area contributed by atoms with Gasteiger partial charge in [0.2, 0.25) is 0 Å². The standard InChI is InChI=1S/C12H11F2N3O/c1-15-12-11(18-2)10(16-6-17-12)8-5-7(13)3-4-9(8)14/h3-6H,1-2H3,(H,15,16,17). The molecule has 0 atom stereocenters. The molecule has 0 fully saturated rings. The van der Waals surface area contributed by atoms with Gasteiger partial charge < -0.3 is 10.1 Å². The normalized spacial score (nSPS) is 10.2. The summed E-state index contributed by atoms with van der Waals surface area (Å²) in [5, 5.41) is 2.80. The maximum atomic E-state index is 13.7. The fourth-order valence-corrected chi connectivity index (χ4v) is 1.62. The highest BCUT2D eigenvalue weighted by Crippen LogP contribution is 2.34. The molecule has 0 spiro atoms. The van der Waals surface area contributed by atoms with Gasteiger partial charge in [0.05, 0.1) is 7.11 Å². The van der Waals surface area contributed by atoms with Gasteiger partial charge >= 0.3 is 0 Å². The van der Waals surface area contributed by atoms with Crippen LogP contribution in [0.3, 0.4) is 0 Å². The summed E-state index contributed by atoms with van der Waals surface area (Å²) in [5.74, 6) is -0.441. The van der Waals surface area contributed by atoms with E-state index < -0.39 is 11.6 Å². The summed E-state index contributed by atoms with van der Waals surface area (Å²) in [4.78, 5) is 7.89. The van der Waals surface area contributed by atoms with Crippen molar-refractivity contribution in [3.05, 3.63) is 36.2 Å². The van der Waals surface area contributed by atoms with Gasteiger partial charge in [-0.25, -0.2) is 18.7 Å². The van der Waals surface area contributed by atoms with Crippen LogP contribution in [0.25, 0.3) is 11.3 Å². The second kappa shape index (κ2) is 4.95. The topological polar surface area (TPSA) is 47.0 Å². The van der Waals surface area contributed by atoms with Gasteiger partial charge in [-0.2, -0.15) is 0 Å². The van der Waals surface area contributed by atoms with E-state index in [0.29, 0.717) is 5.82 Å². The number of anilines is 1. The Balaban J connectivity index is 2.66. The third-order valence-electron chi connectivity index (χ3n) is 2.43. The number of halogens is 2. The maximum Gasteiger partial charge on any atom is 0.187 e. The minimum Gasteiger partial charge on any atom is -0.491 e. The van der Waals surface area contributed by atoms with Crippen molar-refractivity contribution >= 4 is 5.82 Å². The first-order valence-corrected chi connectivity index (χ1v) is 5.19. The molecule has 6 heteroatoms. The fourth-order valence-electron chi connectivity index (χ4n) is 1.62. The molecule has 0 aliphatic heterocycles. The Morgan fingerprint density at radius 3 is 2.67 bits per heavy atom. The van der Waals surface area contributed by atoms with E-state index in [2.05, 4.69) is 15.3 Å². The van der Waals surface area contributed by atoms with Gasteiger partial charge in [-0.15, -0.1) is 0 Å². The summed E-state index contributed by atoms with van der Waals surface area (Å²) < 4.78 is 32.0. The number of methoxy groups -OCH3 is 1. The van der Waals surface area contributed by atoms with Gasteiger partial charge in [-0.05, 0) is 18.2 Å². The monoisotopic (exact) mass is 251 g/mol. The number of nitrogens with one attached hydrogen (secondary N) is 1. The van der Waals surface area contributed by atoms with Gasteiger partial charge in [0, 0.05) is 12.6 Å². The highest BCUT2D eigenvalue weighted by molar-refractivity contribution is 5.72. The van der Waals surface area contributed by atoms with Crippen LogP contribution in [0.1, 0.15) is 0 Å². The van der Waals surface area contributed by atoms with Crippen LogP contribution in [-0.4, -0.2) is 24.1 Å². The average Bonchev–Trinajstić information content (AvgIpc) is 2.40. The van der Waals surface area contributed by atoms with Gasteiger partial charge in [-0.1, -0.05) is 0 Å². The molecule has 2 aromatic rings. The van der Waals surface area contributed by atoms with Gasteiger partial charge in [0.25, 0.3) is 0 Å². The Morgan fingerprint density at radius 2 is 2.00 bits per heavy atom. The molecule has 1 aromatic heterocycles. The molecule has 0 bridgehead atoms. The van der Waals surface area contributed by atoms with Gasteiger partial charge in [0.1, 0.15) is 23.7 Å². The van der Waals surface area contributed by atoms with Crippen LogP contribution in [0, 0.1) is 11.6 Å². The van der Waals surface area contributed by atoms with Crippen LogP contribution < -0.4 is 10.1 Å². The molecule has 0 saturated carbocycles. The van der Waals surface area contributed by atoms with Crippen LogP contribution in [0.4, 0.5) is 14.6 Å². The average molecular weight is 251 g/mol. The number of hydrogen-bond donors (Lipinski definition) is 1. The predicted octanol–water partition coefficient (Wildman–Crippen LogP) is 2.47. The Labute approximate surface area is 103 Å². The molecule has 18 heavy (non-hydrogen) atoms. The van der Waals surface area contributed by atoms with Crippen LogP contribution in [-0.2, 0) is 0 Å².